The van der Waals surface area contributed by atoms with E-state index in [1.54, 1.807) is 0 Å². The quantitative estimate of drug-likeness (QED) is 0.865. The van der Waals surface area contributed by atoms with E-state index in [0.717, 1.165) is 13.0 Å². The molecule has 0 spiro atoms. The standard InChI is InChI=1S/C15H20N2/c1-16-9-8-12-10-13-6-4-5-7-14(13)15(11-12)17(2)3/h4-7,10-11,16H,8-9H2,1-3H3. The zero-order chi connectivity index (χ0) is 12.3. The third-order valence-corrected chi connectivity index (χ3v) is 3.05. The predicted octanol–water partition coefficient (Wildman–Crippen LogP) is 2.67. The minimum atomic E-state index is 1.02. The molecule has 0 amide bonds. The van der Waals surface area contributed by atoms with Crippen LogP contribution in [-0.2, 0) is 6.42 Å². The van der Waals surface area contributed by atoms with Crippen LogP contribution in [0.25, 0.3) is 10.8 Å². The molecule has 0 heterocycles. The van der Waals surface area contributed by atoms with Gasteiger partial charge in [0.25, 0.3) is 0 Å². The van der Waals surface area contributed by atoms with Gasteiger partial charge >= 0.3 is 0 Å². The first-order chi connectivity index (χ1) is 8.22. The van der Waals surface area contributed by atoms with Crippen LogP contribution >= 0.6 is 0 Å². The molecule has 0 saturated carbocycles. The van der Waals surface area contributed by atoms with Crippen LogP contribution < -0.4 is 10.2 Å². The molecule has 0 fully saturated rings. The van der Waals surface area contributed by atoms with E-state index in [0.29, 0.717) is 0 Å². The van der Waals surface area contributed by atoms with E-state index in [2.05, 4.69) is 60.7 Å². The van der Waals surface area contributed by atoms with Gasteiger partial charge in [0.15, 0.2) is 0 Å². The Bertz CT molecular complexity index is 503. The van der Waals surface area contributed by atoms with E-state index in [4.69, 9.17) is 0 Å². The molecular formula is C15H20N2. The Hall–Kier alpha value is -1.54. The highest BCUT2D eigenvalue weighted by Gasteiger charge is 2.05. The fourth-order valence-electron chi connectivity index (χ4n) is 2.13. The van der Waals surface area contributed by atoms with Gasteiger partial charge in [-0.15, -0.1) is 0 Å². The summed E-state index contributed by atoms with van der Waals surface area (Å²) in [6, 6.07) is 13.2. The van der Waals surface area contributed by atoms with Gasteiger partial charge in [0.1, 0.15) is 0 Å². The number of fused-ring (bicyclic) bond motifs is 1. The van der Waals surface area contributed by atoms with Crippen molar-refractivity contribution in [1.82, 2.24) is 5.32 Å². The Morgan fingerprint density at radius 3 is 2.59 bits per heavy atom. The van der Waals surface area contributed by atoms with Gasteiger partial charge in [0, 0.05) is 25.2 Å². The molecular weight excluding hydrogens is 208 g/mol. The normalized spacial score (nSPS) is 10.8. The number of hydrogen-bond donors (Lipinski definition) is 1. The fraction of sp³-hybridized carbons (Fsp3) is 0.333. The molecule has 0 unspecified atom stereocenters. The molecule has 2 rings (SSSR count). The van der Waals surface area contributed by atoms with Crippen molar-refractivity contribution in [3.05, 3.63) is 42.0 Å². The summed E-state index contributed by atoms with van der Waals surface area (Å²) in [5.41, 5.74) is 2.69. The first kappa shape index (κ1) is 11.9. The molecule has 0 aliphatic carbocycles. The topological polar surface area (TPSA) is 15.3 Å². The third kappa shape index (κ3) is 2.59. The van der Waals surface area contributed by atoms with E-state index in [1.165, 1.54) is 22.0 Å². The molecule has 0 bridgehead atoms. The molecule has 90 valence electrons. The van der Waals surface area contributed by atoms with E-state index in [1.807, 2.05) is 7.05 Å². The second-order valence-electron chi connectivity index (χ2n) is 4.58. The Balaban J connectivity index is 2.51. The summed E-state index contributed by atoms with van der Waals surface area (Å²) < 4.78 is 0. The Labute approximate surface area is 103 Å². The SMILES string of the molecule is CNCCc1cc(N(C)C)c2ccccc2c1. The molecule has 0 aliphatic rings. The Kier molecular flexibility index (Phi) is 3.64. The maximum atomic E-state index is 3.20. The molecule has 17 heavy (non-hydrogen) atoms. The number of rotatable bonds is 4. The smallest absolute Gasteiger partial charge is 0.0443 e. The minimum Gasteiger partial charge on any atom is -0.377 e. The zero-order valence-electron chi connectivity index (χ0n) is 10.8. The fourth-order valence-corrected chi connectivity index (χ4v) is 2.13. The molecule has 0 aliphatic heterocycles. The van der Waals surface area contributed by atoms with Crippen LogP contribution in [0.2, 0.25) is 0 Å². The number of nitrogens with zero attached hydrogens (tertiary/aromatic N) is 1. The van der Waals surface area contributed by atoms with Gasteiger partial charge in [-0.05, 0) is 37.0 Å². The summed E-state index contributed by atoms with van der Waals surface area (Å²) >= 11 is 0. The largest absolute Gasteiger partial charge is 0.377 e. The van der Waals surface area contributed by atoms with E-state index >= 15 is 0 Å². The maximum absolute atomic E-state index is 3.20. The summed E-state index contributed by atoms with van der Waals surface area (Å²) in [5, 5.41) is 5.85. The molecule has 2 aromatic rings. The van der Waals surface area contributed by atoms with Gasteiger partial charge < -0.3 is 10.2 Å². The summed E-state index contributed by atoms with van der Waals surface area (Å²) in [5.74, 6) is 0. The van der Waals surface area contributed by atoms with Gasteiger partial charge in [-0.1, -0.05) is 30.3 Å². The molecule has 0 atom stereocenters. The van der Waals surface area contributed by atoms with E-state index < -0.39 is 0 Å². The average molecular weight is 228 g/mol. The van der Waals surface area contributed by atoms with Crippen LogP contribution in [0.4, 0.5) is 5.69 Å². The van der Waals surface area contributed by atoms with Crippen LogP contribution in [0.15, 0.2) is 36.4 Å². The summed E-state index contributed by atoms with van der Waals surface area (Å²) in [4.78, 5) is 2.19. The van der Waals surface area contributed by atoms with Crippen LogP contribution in [-0.4, -0.2) is 27.7 Å². The number of anilines is 1. The lowest BCUT2D eigenvalue weighted by Crippen LogP contribution is -2.12. The predicted molar refractivity (Wildman–Crippen MR) is 75.9 cm³/mol. The Morgan fingerprint density at radius 2 is 1.88 bits per heavy atom. The minimum absolute atomic E-state index is 1.02. The van der Waals surface area contributed by atoms with Crippen molar-refractivity contribution in [2.24, 2.45) is 0 Å². The van der Waals surface area contributed by atoms with Crippen molar-refractivity contribution in [2.75, 3.05) is 32.6 Å². The average Bonchev–Trinajstić information content (AvgIpc) is 2.35. The lowest BCUT2D eigenvalue weighted by Gasteiger charge is -2.17. The van der Waals surface area contributed by atoms with Gasteiger partial charge in [-0.25, -0.2) is 0 Å². The Morgan fingerprint density at radius 1 is 1.12 bits per heavy atom. The van der Waals surface area contributed by atoms with Gasteiger partial charge in [-0.2, -0.15) is 0 Å². The van der Waals surface area contributed by atoms with Crippen LogP contribution in [0.5, 0.6) is 0 Å². The number of benzene rings is 2. The number of likely N-dealkylation sites (N-methyl/N-ethyl adjacent to an activating group) is 1. The van der Waals surface area contributed by atoms with Crippen molar-refractivity contribution < 1.29 is 0 Å². The molecule has 2 heteroatoms. The monoisotopic (exact) mass is 228 g/mol. The third-order valence-electron chi connectivity index (χ3n) is 3.05. The van der Waals surface area contributed by atoms with Crippen molar-refractivity contribution in [3.8, 4) is 0 Å². The highest BCUT2D eigenvalue weighted by molar-refractivity contribution is 5.94. The van der Waals surface area contributed by atoms with Crippen molar-refractivity contribution in [1.29, 1.82) is 0 Å². The van der Waals surface area contributed by atoms with Gasteiger partial charge in [-0.3, -0.25) is 0 Å². The van der Waals surface area contributed by atoms with E-state index in [-0.39, 0.29) is 0 Å². The highest BCUT2D eigenvalue weighted by Crippen LogP contribution is 2.27. The second-order valence-corrected chi connectivity index (χ2v) is 4.58. The molecule has 2 nitrogen and oxygen atoms in total. The van der Waals surface area contributed by atoms with Crippen molar-refractivity contribution in [2.45, 2.75) is 6.42 Å². The molecule has 0 aromatic heterocycles. The second kappa shape index (κ2) is 5.19. The number of hydrogen-bond acceptors (Lipinski definition) is 2. The molecule has 2 aromatic carbocycles. The lowest BCUT2D eigenvalue weighted by atomic mass is 10.0. The first-order valence-corrected chi connectivity index (χ1v) is 6.06. The van der Waals surface area contributed by atoms with Crippen LogP contribution in [0.1, 0.15) is 5.56 Å². The lowest BCUT2D eigenvalue weighted by molar-refractivity contribution is 0.792. The van der Waals surface area contributed by atoms with Crippen LogP contribution in [0.3, 0.4) is 0 Å². The summed E-state index contributed by atoms with van der Waals surface area (Å²) in [7, 11) is 6.20. The zero-order valence-corrected chi connectivity index (χ0v) is 10.8. The van der Waals surface area contributed by atoms with Gasteiger partial charge in [0.05, 0.1) is 0 Å². The summed E-state index contributed by atoms with van der Waals surface area (Å²) in [6.07, 6.45) is 1.07. The molecule has 0 radical (unpaired) electrons. The van der Waals surface area contributed by atoms with Crippen molar-refractivity contribution >= 4 is 16.5 Å². The first-order valence-electron chi connectivity index (χ1n) is 6.06. The molecule has 1 N–H and O–H groups in total. The van der Waals surface area contributed by atoms with Crippen molar-refractivity contribution in [3.63, 3.8) is 0 Å². The van der Waals surface area contributed by atoms with E-state index in [9.17, 15) is 0 Å². The molecule has 0 saturated heterocycles. The van der Waals surface area contributed by atoms with Gasteiger partial charge in [0.2, 0.25) is 0 Å². The van der Waals surface area contributed by atoms with Crippen LogP contribution in [0, 0.1) is 0 Å². The highest BCUT2D eigenvalue weighted by atomic mass is 15.1. The number of nitrogens with one attached hydrogen (secondary N) is 1. The summed E-state index contributed by atoms with van der Waals surface area (Å²) in [6.45, 7) is 1.02. The maximum Gasteiger partial charge on any atom is 0.0443 e.